The van der Waals surface area contributed by atoms with Crippen molar-refractivity contribution in [1.82, 2.24) is 9.38 Å². The van der Waals surface area contributed by atoms with E-state index in [1.54, 1.807) is 7.11 Å². The molecule has 0 saturated carbocycles. The first-order chi connectivity index (χ1) is 14.8. The van der Waals surface area contributed by atoms with Gasteiger partial charge in [-0.05, 0) is 47.9 Å². The lowest BCUT2D eigenvalue weighted by molar-refractivity contribution is 0.415. The zero-order valence-electron chi connectivity index (χ0n) is 16.2. The number of ether oxygens (including phenoxy) is 1. The molecule has 3 aromatic heterocycles. The van der Waals surface area contributed by atoms with Gasteiger partial charge in [-0.25, -0.2) is 4.98 Å². The van der Waals surface area contributed by atoms with E-state index in [0.29, 0.717) is 0 Å². The van der Waals surface area contributed by atoms with Crippen molar-refractivity contribution in [3.8, 4) is 5.75 Å². The van der Waals surface area contributed by atoms with E-state index in [9.17, 15) is 0 Å². The van der Waals surface area contributed by atoms with Crippen molar-refractivity contribution in [3.63, 3.8) is 0 Å². The summed E-state index contributed by atoms with van der Waals surface area (Å²) in [6.07, 6.45) is 0. The third-order valence-electron chi connectivity index (χ3n) is 6.06. The number of para-hydroxylation sites is 2. The van der Waals surface area contributed by atoms with Crippen LogP contribution in [0.4, 0.5) is 0 Å². The molecule has 3 heterocycles. The number of hydrogen-bond donors (Lipinski definition) is 0. The number of pyridine rings is 1. The molecule has 0 aliphatic heterocycles. The molecular weight excluding hydrogens is 388 g/mol. The van der Waals surface area contributed by atoms with Crippen LogP contribution in [0.15, 0.2) is 78.9 Å². The summed E-state index contributed by atoms with van der Waals surface area (Å²) in [5.41, 5.74) is 4.34. The maximum atomic E-state index is 5.54. The van der Waals surface area contributed by atoms with Gasteiger partial charge < -0.3 is 4.74 Å². The van der Waals surface area contributed by atoms with Crippen LogP contribution in [0.5, 0.6) is 5.75 Å². The second kappa shape index (κ2) is 5.71. The molecule has 30 heavy (non-hydrogen) atoms. The highest BCUT2D eigenvalue weighted by atomic mass is 32.1. The predicted octanol–water partition coefficient (Wildman–Crippen LogP) is 7.17. The minimum atomic E-state index is 0.845. The first-order valence-corrected chi connectivity index (χ1v) is 10.8. The Morgan fingerprint density at radius 1 is 0.767 bits per heavy atom. The Labute approximate surface area is 175 Å². The van der Waals surface area contributed by atoms with Crippen LogP contribution in [0.3, 0.4) is 0 Å². The third kappa shape index (κ3) is 1.96. The lowest BCUT2D eigenvalue weighted by Crippen LogP contribution is -1.93. The van der Waals surface area contributed by atoms with E-state index < -0.39 is 0 Å². The van der Waals surface area contributed by atoms with Crippen molar-refractivity contribution in [3.05, 3.63) is 78.9 Å². The molecule has 0 radical (unpaired) electrons. The van der Waals surface area contributed by atoms with Crippen LogP contribution in [0.1, 0.15) is 0 Å². The van der Waals surface area contributed by atoms with Crippen LogP contribution >= 0.6 is 11.3 Å². The van der Waals surface area contributed by atoms with Gasteiger partial charge in [-0.1, -0.05) is 36.4 Å². The molecule has 0 spiro atoms. The maximum Gasteiger partial charge on any atom is 0.146 e. The minimum Gasteiger partial charge on any atom is -0.497 e. The largest absolute Gasteiger partial charge is 0.497 e. The highest BCUT2D eigenvalue weighted by Crippen LogP contribution is 2.42. The van der Waals surface area contributed by atoms with Gasteiger partial charge in [0.2, 0.25) is 0 Å². The minimum absolute atomic E-state index is 0.845. The van der Waals surface area contributed by atoms with Gasteiger partial charge in [0.1, 0.15) is 11.4 Å². The highest BCUT2D eigenvalue weighted by Gasteiger charge is 2.18. The van der Waals surface area contributed by atoms with E-state index in [-0.39, 0.29) is 0 Å². The summed E-state index contributed by atoms with van der Waals surface area (Å²) in [4.78, 5) is 5.05. The van der Waals surface area contributed by atoms with Gasteiger partial charge in [0.15, 0.2) is 0 Å². The van der Waals surface area contributed by atoms with E-state index in [1.165, 1.54) is 36.5 Å². The molecule has 0 saturated heterocycles. The summed E-state index contributed by atoms with van der Waals surface area (Å²) in [6, 6.07) is 27.9. The lowest BCUT2D eigenvalue weighted by atomic mass is 10.0. The Kier molecular flexibility index (Phi) is 3.08. The molecule has 0 amide bonds. The summed E-state index contributed by atoms with van der Waals surface area (Å²) < 4.78 is 10.5. The van der Waals surface area contributed by atoms with Gasteiger partial charge in [-0.2, -0.15) is 0 Å². The molecule has 0 fully saturated rings. The summed E-state index contributed by atoms with van der Waals surface area (Å²) in [5.74, 6) is 0.845. The van der Waals surface area contributed by atoms with Crippen LogP contribution in [0.25, 0.3) is 58.5 Å². The molecule has 4 heteroatoms. The molecule has 7 rings (SSSR count). The van der Waals surface area contributed by atoms with Crippen molar-refractivity contribution >= 4 is 69.9 Å². The zero-order valence-corrected chi connectivity index (χ0v) is 17.0. The van der Waals surface area contributed by atoms with Gasteiger partial charge in [0.25, 0.3) is 0 Å². The van der Waals surface area contributed by atoms with E-state index in [4.69, 9.17) is 9.72 Å². The van der Waals surface area contributed by atoms with Crippen molar-refractivity contribution in [2.24, 2.45) is 0 Å². The molecule has 7 aromatic rings. The molecule has 0 N–H and O–H groups in total. The fraction of sp³-hybridized carbons (Fsp3) is 0.0385. The molecule has 0 unspecified atom stereocenters. The molecular formula is C26H16N2OS. The van der Waals surface area contributed by atoms with Gasteiger partial charge in [0, 0.05) is 30.9 Å². The normalized spacial score (nSPS) is 12.2. The lowest BCUT2D eigenvalue weighted by Gasteiger charge is -2.11. The average Bonchev–Trinajstić information content (AvgIpc) is 3.37. The third-order valence-corrected chi connectivity index (χ3v) is 7.19. The van der Waals surface area contributed by atoms with E-state index in [0.717, 1.165) is 27.8 Å². The Balaban J connectivity index is 1.89. The van der Waals surface area contributed by atoms with Crippen LogP contribution in [0.2, 0.25) is 0 Å². The number of nitrogens with zero attached hydrogens (tertiary/aromatic N) is 2. The first-order valence-electron chi connectivity index (χ1n) is 9.94. The summed E-state index contributed by atoms with van der Waals surface area (Å²) >= 11 is 1.85. The SMILES string of the molecule is COc1ccc2c(c1)c1nc3ccccc3n1c1c2ccc2sc3ccccc3c21. The molecule has 4 aromatic carbocycles. The van der Waals surface area contributed by atoms with Gasteiger partial charge in [-0.3, -0.25) is 4.40 Å². The Bertz CT molecular complexity index is 1790. The van der Waals surface area contributed by atoms with Crippen molar-refractivity contribution in [1.29, 1.82) is 0 Å². The number of methoxy groups -OCH3 is 1. The maximum absolute atomic E-state index is 5.54. The second-order valence-electron chi connectivity index (χ2n) is 7.60. The number of thiophene rings is 1. The summed E-state index contributed by atoms with van der Waals surface area (Å²) in [7, 11) is 1.71. The molecule has 0 aliphatic rings. The second-order valence-corrected chi connectivity index (χ2v) is 8.69. The number of rotatable bonds is 1. The Morgan fingerprint density at radius 2 is 1.60 bits per heavy atom. The Morgan fingerprint density at radius 3 is 2.53 bits per heavy atom. The number of benzene rings is 4. The molecule has 0 bridgehead atoms. The molecule has 0 atom stereocenters. The topological polar surface area (TPSA) is 26.5 Å². The smallest absolute Gasteiger partial charge is 0.146 e. The fourth-order valence-corrected chi connectivity index (χ4v) is 5.86. The van der Waals surface area contributed by atoms with Crippen LogP contribution < -0.4 is 4.74 Å². The van der Waals surface area contributed by atoms with Crippen molar-refractivity contribution < 1.29 is 4.74 Å². The average molecular weight is 404 g/mol. The van der Waals surface area contributed by atoms with Crippen LogP contribution in [-0.2, 0) is 0 Å². The zero-order chi connectivity index (χ0) is 19.8. The van der Waals surface area contributed by atoms with Crippen molar-refractivity contribution in [2.45, 2.75) is 0 Å². The Hall–Kier alpha value is -3.63. The van der Waals surface area contributed by atoms with E-state index in [2.05, 4.69) is 77.2 Å². The van der Waals surface area contributed by atoms with E-state index in [1.807, 2.05) is 17.4 Å². The summed E-state index contributed by atoms with van der Waals surface area (Å²) in [5, 5.41) is 6.15. The number of fused-ring (bicyclic) bond motifs is 12. The standard InChI is InChI=1S/C26H16N2OS/c1-29-15-10-11-16-17-12-13-23-24(18-6-2-5-9-22(18)30-23)25(17)28-21-8-4-3-7-20(21)27-26(28)19(16)14-15/h2-14H,1H3. The first kappa shape index (κ1) is 16.2. The van der Waals surface area contributed by atoms with Gasteiger partial charge in [0.05, 0.1) is 23.7 Å². The molecule has 142 valence electrons. The highest BCUT2D eigenvalue weighted by molar-refractivity contribution is 7.26. The quantitative estimate of drug-likeness (QED) is 0.271. The van der Waals surface area contributed by atoms with Gasteiger partial charge >= 0.3 is 0 Å². The number of aromatic nitrogens is 2. The monoisotopic (exact) mass is 404 g/mol. The predicted molar refractivity (Wildman–Crippen MR) is 127 cm³/mol. The fourth-order valence-electron chi connectivity index (χ4n) is 4.75. The number of imidazole rings is 1. The van der Waals surface area contributed by atoms with E-state index >= 15 is 0 Å². The van der Waals surface area contributed by atoms with Gasteiger partial charge in [-0.15, -0.1) is 11.3 Å². The van der Waals surface area contributed by atoms with Crippen molar-refractivity contribution in [2.75, 3.05) is 7.11 Å². The number of hydrogen-bond acceptors (Lipinski definition) is 3. The summed E-state index contributed by atoms with van der Waals surface area (Å²) in [6.45, 7) is 0. The molecule has 0 aliphatic carbocycles. The van der Waals surface area contributed by atoms with Crippen LogP contribution in [0, 0.1) is 0 Å². The van der Waals surface area contributed by atoms with Crippen LogP contribution in [-0.4, -0.2) is 16.5 Å². The molecule has 3 nitrogen and oxygen atoms in total.